The molecule has 0 bridgehead atoms. The third kappa shape index (κ3) is 4.47. The monoisotopic (exact) mass is 472 g/mol. The number of ether oxygens (including phenoxy) is 1. The Labute approximate surface area is 213 Å². The van der Waals surface area contributed by atoms with Crippen molar-refractivity contribution >= 4 is 10.8 Å². The van der Waals surface area contributed by atoms with E-state index >= 15 is 0 Å². The zero-order valence-corrected chi connectivity index (χ0v) is 21.6. The second kappa shape index (κ2) is 9.20. The summed E-state index contributed by atoms with van der Waals surface area (Å²) in [6, 6.07) is 33.2. The fourth-order valence-corrected chi connectivity index (χ4v) is 4.78. The summed E-state index contributed by atoms with van der Waals surface area (Å²) in [6.07, 6.45) is 0. The first kappa shape index (κ1) is 23.7. The van der Waals surface area contributed by atoms with E-state index in [0.29, 0.717) is 5.75 Å². The molecule has 5 aromatic rings. The Hall–Kier alpha value is -4.04. The number of benzene rings is 5. The summed E-state index contributed by atoms with van der Waals surface area (Å²) in [7, 11) is 0. The number of para-hydroxylation sites is 1. The van der Waals surface area contributed by atoms with Crippen LogP contribution < -0.4 is 4.74 Å². The zero-order valence-electron chi connectivity index (χ0n) is 21.6. The molecule has 0 heterocycles. The van der Waals surface area contributed by atoms with E-state index < -0.39 is 0 Å². The maximum Gasteiger partial charge on any atom is 0.131 e. The van der Waals surface area contributed by atoms with Gasteiger partial charge in [-0.2, -0.15) is 0 Å². The van der Waals surface area contributed by atoms with Crippen molar-refractivity contribution in [1.29, 1.82) is 0 Å². The molecule has 2 heteroatoms. The number of phenolic OH excluding ortho intramolecular Hbond substituents is 1. The third-order valence-electron chi connectivity index (χ3n) is 7.01. The summed E-state index contributed by atoms with van der Waals surface area (Å²) in [5.41, 5.74) is 7.20. The van der Waals surface area contributed by atoms with Gasteiger partial charge in [0.25, 0.3) is 0 Å². The Morgan fingerprint density at radius 2 is 1.25 bits per heavy atom. The Kier molecular flexibility index (Phi) is 6.05. The fourth-order valence-electron chi connectivity index (χ4n) is 4.78. The number of fused-ring (bicyclic) bond motifs is 1. The van der Waals surface area contributed by atoms with Crippen molar-refractivity contribution < 1.29 is 9.84 Å². The Morgan fingerprint density at radius 1 is 0.611 bits per heavy atom. The molecule has 0 fully saturated rings. The van der Waals surface area contributed by atoms with Crippen molar-refractivity contribution in [2.75, 3.05) is 0 Å². The Bertz CT molecular complexity index is 1550. The van der Waals surface area contributed by atoms with Gasteiger partial charge in [0.15, 0.2) is 0 Å². The lowest BCUT2D eigenvalue weighted by Gasteiger charge is -2.22. The number of rotatable bonds is 4. The molecule has 0 aliphatic heterocycles. The van der Waals surface area contributed by atoms with Crippen LogP contribution in [0.25, 0.3) is 33.0 Å². The Morgan fingerprint density at radius 3 is 1.97 bits per heavy atom. The molecule has 0 radical (unpaired) electrons. The molecule has 0 aromatic heterocycles. The van der Waals surface area contributed by atoms with E-state index in [1.807, 2.05) is 43.3 Å². The predicted molar refractivity (Wildman–Crippen MR) is 151 cm³/mol. The molecule has 0 aliphatic rings. The van der Waals surface area contributed by atoms with Crippen molar-refractivity contribution in [3.8, 4) is 39.5 Å². The van der Waals surface area contributed by atoms with Crippen LogP contribution in [-0.4, -0.2) is 5.11 Å². The van der Waals surface area contributed by atoms with Crippen LogP contribution >= 0.6 is 0 Å². The summed E-state index contributed by atoms with van der Waals surface area (Å²) in [6.45, 7) is 10.6. The highest BCUT2D eigenvalue weighted by molar-refractivity contribution is 5.90. The van der Waals surface area contributed by atoms with Crippen LogP contribution in [0.1, 0.15) is 37.5 Å². The van der Waals surface area contributed by atoms with Crippen LogP contribution in [0.15, 0.2) is 97.1 Å². The van der Waals surface area contributed by atoms with Gasteiger partial charge in [0.2, 0.25) is 0 Å². The molecule has 0 saturated heterocycles. The van der Waals surface area contributed by atoms with Gasteiger partial charge in [-0.05, 0) is 88.2 Å². The molecule has 36 heavy (non-hydrogen) atoms. The molecule has 0 amide bonds. The van der Waals surface area contributed by atoms with Crippen LogP contribution in [-0.2, 0) is 5.41 Å². The van der Waals surface area contributed by atoms with Crippen molar-refractivity contribution in [1.82, 2.24) is 0 Å². The number of aromatic hydroxyl groups is 1. The number of hydrogen-bond acceptors (Lipinski definition) is 2. The smallest absolute Gasteiger partial charge is 0.131 e. The largest absolute Gasteiger partial charge is 0.507 e. The molecule has 0 saturated carbocycles. The second-order valence-electron chi connectivity index (χ2n) is 10.5. The fraction of sp³-hybridized carbons (Fsp3) is 0.176. The van der Waals surface area contributed by atoms with Gasteiger partial charge in [0.05, 0.1) is 0 Å². The molecular formula is C34H32O2. The van der Waals surface area contributed by atoms with E-state index in [2.05, 4.69) is 88.4 Å². The number of phenols is 1. The highest BCUT2D eigenvalue weighted by Crippen LogP contribution is 2.41. The van der Waals surface area contributed by atoms with Crippen molar-refractivity contribution in [3.63, 3.8) is 0 Å². The third-order valence-corrected chi connectivity index (χ3v) is 7.01. The first-order valence-electron chi connectivity index (χ1n) is 12.4. The maximum absolute atomic E-state index is 11.1. The summed E-state index contributed by atoms with van der Waals surface area (Å²) in [5, 5.41) is 13.4. The minimum Gasteiger partial charge on any atom is -0.507 e. The van der Waals surface area contributed by atoms with Gasteiger partial charge in [0, 0.05) is 11.1 Å². The highest BCUT2D eigenvalue weighted by Gasteiger charge is 2.19. The molecule has 2 nitrogen and oxygen atoms in total. The minimum atomic E-state index is -0.00359. The first-order chi connectivity index (χ1) is 17.2. The summed E-state index contributed by atoms with van der Waals surface area (Å²) < 4.78 is 6.29. The second-order valence-corrected chi connectivity index (χ2v) is 10.5. The lowest BCUT2D eigenvalue weighted by atomic mass is 9.86. The Balaban J connectivity index is 1.52. The summed E-state index contributed by atoms with van der Waals surface area (Å²) >= 11 is 0. The van der Waals surface area contributed by atoms with Gasteiger partial charge in [-0.15, -0.1) is 0 Å². The SMILES string of the molecule is Cc1c(-c2ccc(Oc3ccccc3C(C)(C)C)cc2)cc(-c2ccc3ccccc3c2)c(O)c1C. The molecular weight excluding hydrogens is 440 g/mol. The van der Waals surface area contributed by atoms with Crippen molar-refractivity contribution in [2.45, 2.75) is 40.0 Å². The van der Waals surface area contributed by atoms with Gasteiger partial charge in [-0.25, -0.2) is 0 Å². The lowest BCUT2D eigenvalue weighted by molar-refractivity contribution is 0.455. The molecule has 0 atom stereocenters. The van der Waals surface area contributed by atoms with Gasteiger partial charge in [-0.1, -0.05) is 87.5 Å². The van der Waals surface area contributed by atoms with Gasteiger partial charge in [-0.3, -0.25) is 0 Å². The van der Waals surface area contributed by atoms with Crippen molar-refractivity contribution in [3.05, 3.63) is 114 Å². The topological polar surface area (TPSA) is 29.5 Å². The maximum atomic E-state index is 11.1. The van der Waals surface area contributed by atoms with E-state index in [0.717, 1.165) is 50.3 Å². The first-order valence-corrected chi connectivity index (χ1v) is 12.4. The molecule has 0 spiro atoms. The standard InChI is InChI=1S/C34H32O2/c1-22-23(2)33(35)30(27-15-14-24-10-6-7-11-26(24)20-27)21-29(22)25-16-18-28(19-17-25)36-32-13-9-8-12-31(32)34(3,4)5/h6-21,35H,1-5H3. The van der Waals surface area contributed by atoms with Crippen LogP contribution in [0.5, 0.6) is 17.2 Å². The predicted octanol–water partition coefficient (Wildman–Crippen LogP) is 9.59. The molecule has 1 N–H and O–H groups in total. The molecule has 5 aromatic carbocycles. The van der Waals surface area contributed by atoms with Crippen LogP contribution in [0.4, 0.5) is 0 Å². The van der Waals surface area contributed by atoms with Gasteiger partial charge >= 0.3 is 0 Å². The molecule has 180 valence electrons. The summed E-state index contributed by atoms with van der Waals surface area (Å²) in [4.78, 5) is 0. The highest BCUT2D eigenvalue weighted by atomic mass is 16.5. The number of hydrogen-bond donors (Lipinski definition) is 1. The lowest BCUT2D eigenvalue weighted by Crippen LogP contribution is -2.12. The van der Waals surface area contributed by atoms with E-state index in [1.165, 1.54) is 10.9 Å². The normalized spacial score (nSPS) is 11.6. The minimum absolute atomic E-state index is 0.00359. The molecule has 5 rings (SSSR count). The average molecular weight is 473 g/mol. The van der Waals surface area contributed by atoms with Crippen LogP contribution in [0.3, 0.4) is 0 Å². The van der Waals surface area contributed by atoms with E-state index in [4.69, 9.17) is 4.74 Å². The van der Waals surface area contributed by atoms with Gasteiger partial charge < -0.3 is 9.84 Å². The molecule has 0 unspecified atom stereocenters. The van der Waals surface area contributed by atoms with Crippen LogP contribution in [0.2, 0.25) is 0 Å². The van der Waals surface area contributed by atoms with E-state index in [9.17, 15) is 5.11 Å². The zero-order chi connectivity index (χ0) is 25.4. The summed E-state index contributed by atoms with van der Waals surface area (Å²) in [5.74, 6) is 2.02. The molecule has 0 aliphatic carbocycles. The quantitative estimate of drug-likeness (QED) is 0.282. The van der Waals surface area contributed by atoms with Crippen molar-refractivity contribution in [2.24, 2.45) is 0 Å². The van der Waals surface area contributed by atoms with E-state index in [-0.39, 0.29) is 5.41 Å². The average Bonchev–Trinajstić information content (AvgIpc) is 2.87. The van der Waals surface area contributed by atoms with Gasteiger partial charge in [0.1, 0.15) is 17.2 Å². The van der Waals surface area contributed by atoms with Crippen LogP contribution in [0, 0.1) is 13.8 Å². The van der Waals surface area contributed by atoms with E-state index in [1.54, 1.807) is 0 Å².